The van der Waals surface area contributed by atoms with Gasteiger partial charge in [0.05, 0.1) is 28.4 Å². The maximum absolute atomic E-state index is 13.0. The lowest BCUT2D eigenvalue weighted by molar-refractivity contribution is 0.0609. The van der Waals surface area contributed by atoms with Crippen molar-refractivity contribution in [1.29, 1.82) is 0 Å². The summed E-state index contributed by atoms with van der Waals surface area (Å²) in [5.41, 5.74) is 0.500. The lowest BCUT2D eigenvalue weighted by Crippen LogP contribution is -2.27. The Morgan fingerprint density at radius 2 is 2.08 bits per heavy atom. The van der Waals surface area contributed by atoms with Crippen LogP contribution in [0.2, 0.25) is 5.02 Å². The molecule has 0 spiro atoms. The molecule has 1 aromatic carbocycles. The van der Waals surface area contributed by atoms with E-state index < -0.39 is 0 Å². The van der Waals surface area contributed by atoms with Crippen LogP contribution in [0.5, 0.6) is 0 Å². The number of benzene rings is 1. The van der Waals surface area contributed by atoms with Gasteiger partial charge in [-0.15, -0.1) is 0 Å². The summed E-state index contributed by atoms with van der Waals surface area (Å²) in [6.45, 7) is 2.14. The van der Waals surface area contributed by atoms with Crippen LogP contribution in [0.15, 0.2) is 51.8 Å². The average molecular weight is 389 g/mol. The maximum Gasteiger partial charge on any atom is 0.262 e. The van der Waals surface area contributed by atoms with E-state index in [4.69, 9.17) is 16.3 Å². The van der Waals surface area contributed by atoms with Crippen LogP contribution in [0.4, 0.5) is 0 Å². The van der Waals surface area contributed by atoms with E-state index in [1.54, 1.807) is 29.5 Å². The molecule has 6 nitrogen and oxygen atoms in total. The minimum atomic E-state index is -0.104. The molecular formula is C18H17ClN4O2S. The molecule has 3 heterocycles. The van der Waals surface area contributed by atoms with Crippen LogP contribution in [0.25, 0.3) is 10.9 Å². The number of ether oxygens (including phenoxy) is 1. The Balaban J connectivity index is 1.70. The quantitative estimate of drug-likeness (QED) is 0.682. The van der Waals surface area contributed by atoms with Gasteiger partial charge < -0.3 is 4.74 Å². The molecule has 8 heteroatoms. The Morgan fingerprint density at radius 1 is 1.23 bits per heavy atom. The first-order chi connectivity index (χ1) is 12.7. The summed E-state index contributed by atoms with van der Waals surface area (Å²) >= 11 is 7.95. The predicted octanol–water partition coefficient (Wildman–Crippen LogP) is 3.42. The van der Waals surface area contributed by atoms with Crippen LogP contribution in [0, 0.1) is 5.92 Å². The van der Waals surface area contributed by atoms with E-state index in [-0.39, 0.29) is 5.56 Å². The zero-order chi connectivity index (χ0) is 17.9. The predicted molar refractivity (Wildman–Crippen MR) is 101 cm³/mol. The summed E-state index contributed by atoms with van der Waals surface area (Å²) in [6.07, 6.45) is 8.44. The molecule has 0 unspecified atom stereocenters. The Labute approximate surface area is 159 Å². The first kappa shape index (κ1) is 17.5. The number of nitrogens with zero attached hydrogens (tertiary/aromatic N) is 4. The third-order valence-corrected chi connectivity index (χ3v) is 5.93. The molecule has 134 valence electrons. The zero-order valence-electron chi connectivity index (χ0n) is 14.0. The first-order valence-electron chi connectivity index (χ1n) is 8.41. The third kappa shape index (κ3) is 3.60. The third-order valence-electron chi connectivity index (χ3n) is 4.45. The van der Waals surface area contributed by atoms with Gasteiger partial charge in [-0.1, -0.05) is 23.4 Å². The van der Waals surface area contributed by atoms with Crippen molar-refractivity contribution < 1.29 is 4.74 Å². The Hall–Kier alpha value is -1.96. The van der Waals surface area contributed by atoms with E-state index in [1.165, 1.54) is 11.8 Å². The monoisotopic (exact) mass is 388 g/mol. The molecule has 26 heavy (non-hydrogen) atoms. The Bertz CT molecular complexity index is 974. The Kier molecular flexibility index (Phi) is 5.19. The molecule has 1 aliphatic rings. The fourth-order valence-electron chi connectivity index (χ4n) is 3.05. The van der Waals surface area contributed by atoms with Crippen molar-refractivity contribution in [2.24, 2.45) is 5.92 Å². The van der Waals surface area contributed by atoms with Gasteiger partial charge in [-0.3, -0.25) is 14.3 Å². The van der Waals surface area contributed by atoms with E-state index in [0.717, 1.165) is 36.0 Å². The fraction of sp³-hybridized carbons (Fsp3) is 0.333. The lowest BCUT2D eigenvalue weighted by atomic mass is 10.0. The van der Waals surface area contributed by atoms with Crippen LogP contribution in [0.3, 0.4) is 0 Å². The van der Waals surface area contributed by atoms with Crippen molar-refractivity contribution >= 4 is 34.3 Å². The molecule has 0 amide bonds. The normalized spacial score (nSPS) is 15.4. The highest BCUT2D eigenvalue weighted by Gasteiger charge is 2.18. The summed E-state index contributed by atoms with van der Waals surface area (Å²) in [7, 11) is 0. The van der Waals surface area contributed by atoms with Crippen molar-refractivity contribution in [3.8, 4) is 0 Å². The Morgan fingerprint density at radius 3 is 2.85 bits per heavy atom. The molecule has 1 saturated heterocycles. The SMILES string of the molecule is O=c1c2c(Cl)c(Sc3cnccn3)ccc2ncn1CC1CCOCC1. The second-order valence-electron chi connectivity index (χ2n) is 6.18. The van der Waals surface area contributed by atoms with Crippen molar-refractivity contribution in [1.82, 2.24) is 19.5 Å². The summed E-state index contributed by atoms with van der Waals surface area (Å²) in [5, 5.41) is 1.59. The number of aromatic nitrogens is 4. The van der Waals surface area contributed by atoms with Gasteiger partial charge in [0.25, 0.3) is 5.56 Å². The van der Waals surface area contributed by atoms with E-state index in [0.29, 0.717) is 28.4 Å². The number of halogens is 1. The smallest absolute Gasteiger partial charge is 0.262 e. The average Bonchev–Trinajstić information content (AvgIpc) is 2.68. The summed E-state index contributed by atoms with van der Waals surface area (Å²) < 4.78 is 7.06. The first-order valence-corrected chi connectivity index (χ1v) is 9.61. The number of hydrogen-bond acceptors (Lipinski definition) is 6. The topological polar surface area (TPSA) is 69.9 Å². The van der Waals surface area contributed by atoms with E-state index in [9.17, 15) is 4.79 Å². The zero-order valence-corrected chi connectivity index (χ0v) is 15.5. The number of fused-ring (bicyclic) bond motifs is 1. The highest BCUT2D eigenvalue weighted by molar-refractivity contribution is 7.99. The summed E-state index contributed by atoms with van der Waals surface area (Å²) in [5.74, 6) is 0.427. The molecule has 1 aliphatic heterocycles. The van der Waals surface area contributed by atoms with Crippen LogP contribution < -0.4 is 5.56 Å². The van der Waals surface area contributed by atoms with Gasteiger partial charge in [-0.2, -0.15) is 0 Å². The van der Waals surface area contributed by atoms with Crippen LogP contribution in [-0.2, 0) is 11.3 Å². The largest absolute Gasteiger partial charge is 0.381 e. The standard InChI is InChI=1S/C18H17ClN4O2S/c19-17-14(26-15-9-20-5-6-21-15)2-1-13-16(17)18(24)23(11-22-13)10-12-3-7-25-8-4-12/h1-2,5-6,9,11-12H,3-4,7-8,10H2. The van der Waals surface area contributed by atoms with Crippen LogP contribution in [0.1, 0.15) is 12.8 Å². The molecule has 3 aromatic rings. The van der Waals surface area contributed by atoms with Crippen molar-refractivity contribution in [2.45, 2.75) is 29.3 Å². The van der Waals surface area contributed by atoms with Crippen molar-refractivity contribution in [3.05, 3.63) is 52.4 Å². The van der Waals surface area contributed by atoms with Gasteiger partial charge in [-0.05, 0) is 30.9 Å². The van der Waals surface area contributed by atoms with Crippen molar-refractivity contribution in [3.63, 3.8) is 0 Å². The minimum absolute atomic E-state index is 0.104. The van der Waals surface area contributed by atoms with E-state index in [1.807, 2.05) is 12.1 Å². The number of rotatable bonds is 4. The van der Waals surface area contributed by atoms with Gasteiger partial charge in [0.1, 0.15) is 5.03 Å². The second-order valence-corrected chi connectivity index (χ2v) is 7.62. The summed E-state index contributed by atoms with van der Waals surface area (Å²) in [6, 6.07) is 3.68. The van der Waals surface area contributed by atoms with Gasteiger partial charge in [-0.25, -0.2) is 9.97 Å². The fourth-order valence-corrected chi connectivity index (χ4v) is 4.19. The van der Waals surface area contributed by atoms with Crippen molar-refractivity contribution in [2.75, 3.05) is 13.2 Å². The maximum atomic E-state index is 13.0. The number of hydrogen-bond donors (Lipinski definition) is 0. The molecule has 1 fully saturated rings. The van der Waals surface area contributed by atoms with Gasteiger partial charge in [0, 0.05) is 37.0 Å². The summed E-state index contributed by atoms with van der Waals surface area (Å²) in [4.78, 5) is 26.5. The highest BCUT2D eigenvalue weighted by Crippen LogP contribution is 2.35. The van der Waals surface area contributed by atoms with E-state index in [2.05, 4.69) is 15.0 Å². The van der Waals surface area contributed by atoms with E-state index >= 15 is 0 Å². The molecular weight excluding hydrogens is 372 g/mol. The lowest BCUT2D eigenvalue weighted by Gasteiger charge is -2.22. The highest BCUT2D eigenvalue weighted by atomic mass is 35.5. The second kappa shape index (κ2) is 7.73. The molecule has 4 rings (SSSR count). The molecule has 0 radical (unpaired) electrons. The molecule has 0 atom stereocenters. The molecule has 0 N–H and O–H groups in total. The van der Waals surface area contributed by atoms with Gasteiger partial charge in [0.15, 0.2) is 0 Å². The van der Waals surface area contributed by atoms with Crippen LogP contribution >= 0.6 is 23.4 Å². The van der Waals surface area contributed by atoms with Crippen LogP contribution in [-0.4, -0.2) is 32.7 Å². The van der Waals surface area contributed by atoms with Gasteiger partial charge in [0.2, 0.25) is 0 Å². The molecule has 0 saturated carbocycles. The minimum Gasteiger partial charge on any atom is -0.381 e. The van der Waals surface area contributed by atoms with Gasteiger partial charge >= 0.3 is 0 Å². The molecule has 2 aromatic heterocycles. The molecule has 0 aliphatic carbocycles. The molecule has 0 bridgehead atoms.